The summed E-state index contributed by atoms with van der Waals surface area (Å²) in [4.78, 5) is 33.4. The summed E-state index contributed by atoms with van der Waals surface area (Å²) in [6.07, 6.45) is 3.15. The fraction of sp³-hybridized carbons (Fsp3) is 0.450. The van der Waals surface area contributed by atoms with Crippen LogP contribution in [-0.2, 0) is 9.59 Å². The van der Waals surface area contributed by atoms with Crippen LogP contribution in [-0.4, -0.2) is 60.3 Å². The standard InChI is InChI=1S/C20H28N4O2S/c1-4-17(16-9-6-5-7-10-16)19(26)24(13-8-12-23(2)3)15-18(25)22-20-21-11-14-27-20/h5-7,9-11,14,17H,4,8,12-13,15H2,1-3H3,(H,21,22,25). The highest BCUT2D eigenvalue weighted by atomic mass is 32.1. The van der Waals surface area contributed by atoms with Crippen molar-refractivity contribution < 1.29 is 9.59 Å². The average molecular weight is 389 g/mol. The molecule has 27 heavy (non-hydrogen) atoms. The third-order valence-corrected chi connectivity index (χ3v) is 4.95. The molecule has 0 aliphatic rings. The summed E-state index contributed by atoms with van der Waals surface area (Å²) in [7, 11) is 4.00. The number of anilines is 1. The number of nitrogens with one attached hydrogen (secondary N) is 1. The predicted molar refractivity (Wildman–Crippen MR) is 110 cm³/mol. The van der Waals surface area contributed by atoms with Gasteiger partial charge in [-0.3, -0.25) is 9.59 Å². The maximum atomic E-state index is 13.2. The molecule has 6 nitrogen and oxygen atoms in total. The van der Waals surface area contributed by atoms with Crippen LogP contribution in [0.25, 0.3) is 0 Å². The van der Waals surface area contributed by atoms with E-state index in [0.717, 1.165) is 18.5 Å². The first-order valence-corrected chi connectivity index (χ1v) is 10.1. The van der Waals surface area contributed by atoms with Gasteiger partial charge in [-0.05, 0) is 39.0 Å². The van der Waals surface area contributed by atoms with E-state index >= 15 is 0 Å². The number of nitrogens with zero attached hydrogens (tertiary/aromatic N) is 3. The highest BCUT2D eigenvalue weighted by molar-refractivity contribution is 7.13. The monoisotopic (exact) mass is 388 g/mol. The topological polar surface area (TPSA) is 65.5 Å². The molecule has 1 N–H and O–H groups in total. The Kier molecular flexibility index (Phi) is 8.42. The van der Waals surface area contributed by atoms with Crippen molar-refractivity contribution in [2.45, 2.75) is 25.7 Å². The quantitative estimate of drug-likeness (QED) is 0.679. The Labute approximate surface area is 165 Å². The largest absolute Gasteiger partial charge is 0.333 e. The first-order valence-electron chi connectivity index (χ1n) is 9.19. The second kappa shape index (κ2) is 10.8. The van der Waals surface area contributed by atoms with Gasteiger partial charge in [0.05, 0.1) is 12.5 Å². The molecule has 0 bridgehead atoms. The minimum Gasteiger partial charge on any atom is -0.333 e. The van der Waals surface area contributed by atoms with Gasteiger partial charge in [0.2, 0.25) is 11.8 Å². The smallest absolute Gasteiger partial charge is 0.245 e. The molecule has 0 saturated heterocycles. The minimum atomic E-state index is -0.238. The molecular weight excluding hydrogens is 360 g/mol. The van der Waals surface area contributed by atoms with Gasteiger partial charge in [0.25, 0.3) is 0 Å². The van der Waals surface area contributed by atoms with Crippen LogP contribution in [0.3, 0.4) is 0 Å². The van der Waals surface area contributed by atoms with Crippen molar-refractivity contribution in [2.24, 2.45) is 0 Å². The van der Waals surface area contributed by atoms with Crippen molar-refractivity contribution >= 4 is 28.3 Å². The van der Waals surface area contributed by atoms with Gasteiger partial charge in [0.15, 0.2) is 5.13 Å². The zero-order chi connectivity index (χ0) is 19.6. The van der Waals surface area contributed by atoms with E-state index in [4.69, 9.17) is 0 Å². The molecule has 1 unspecified atom stereocenters. The Morgan fingerprint density at radius 3 is 2.52 bits per heavy atom. The lowest BCUT2D eigenvalue weighted by atomic mass is 9.95. The summed E-state index contributed by atoms with van der Waals surface area (Å²) in [5.74, 6) is -0.457. The van der Waals surface area contributed by atoms with Crippen LogP contribution in [0.1, 0.15) is 31.2 Å². The third kappa shape index (κ3) is 6.77. The molecule has 0 spiro atoms. The van der Waals surface area contributed by atoms with Crippen LogP contribution < -0.4 is 5.32 Å². The number of amides is 2. The highest BCUT2D eigenvalue weighted by Crippen LogP contribution is 2.22. The van der Waals surface area contributed by atoms with Crippen molar-refractivity contribution in [2.75, 3.05) is 39.0 Å². The van der Waals surface area contributed by atoms with Gasteiger partial charge >= 0.3 is 0 Å². The number of thiazole rings is 1. The maximum absolute atomic E-state index is 13.2. The molecule has 7 heteroatoms. The molecule has 2 amide bonds. The molecule has 1 atom stereocenters. The van der Waals surface area contributed by atoms with Crippen molar-refractivity contribution in [3.05, 3.63) is 47.5 Å². The van der Waals surface area contributed by atoms with E-state index in [-0.39, 0.29) is 24.3 Å². The van der Waals surface area contributed by atoms with E-state index < -0.39 is 0 Å². The molecule has 0 saturated carbocycles. The fourth-order valence-electron chi connectivity index (χ4n) is 2.92. The summed E-state index contributed by atoms with van der Waals surface area (Å²) >= 11 is 1.36. The van der Waals surface area contributed by atoms with E-state index in [0.29, 0.717) is 18.1 Å². The molecular formula is C20H28N4O2S. The van der Waals surface area contributed by atoms with E-state index in [1.165, 1.54) is 11.3 Å². The van der Waals surface area contributed by atoms with Crippen molar-refractivity contribution in [1.82, 2.24) is 14.8 Å². The van der Waals surface area contributed by atoms with Crippen molar-refractivity contribution in [3.63, 3.8) is 0 Å². The van der Waals surface area contributed by atoms with E-state index in [1.807, 2.05) is 51.4 Å². The molecule has 0 radical (unpaired) electrons. The molecule has 2 rings (SSSR count). The highest BCUT2D eigenvalue weighted by Gasteiger charge is 2.26. The number of rotatable bonds is 10. The summed E-state index contributed by atoms with van der Waals surface area (Å²) in [5.41, 5.74) is 0.989. The second-order valence-corrected chi connectivity index (χ2v) is 7.57. The zero-order valence-corrected chi connectivity index (χ0v) is 17.0. The van der Waals surface area contributed by atoms with Gasteiger partial charge in [0.1, 0.15) is 0 Å². The first-order chi connectivity index (χ1) is 13.0. The average Bonchev–Trinajstić information content (AvgIpc) is 3.15. The van der Waals surface area contributed by atoms with Gasteiger partial charge in [-0.15, -0.1) is 11.3 Å². The normalized spacial score (nSPS) is 12.0. The molecule has 0 aliphatic carbocycles. The van der Waals surface area contributed by atoms with Gasteiger partial charge in [-0.2, -0.15) is 0 Å². The Bertz CT molecular complexity index is 704. The molecule has 146 valence electrons. The van der Waals surface area contributed by atoms with Crippen molar-refractivity contribution in [3.8, 4) is 0 Å². The van der Waals surface area contributed by atoms with Crippen LogP contribution >= 0.6 is 11.3 Å². The second-order valence-electron chi connectivity index (χ2n) is 6.67. The number of aromatic nitrogens is 1. The van der Waals surface area contributed by atoms with Crippen LogP contribution in [0, 0.1) is 0 Å². The molecule has 0 fully saturated rings. The Balaban J connectivity index is 2.09. The van der Waals surface area contributed by atoms with Gasteiger partial charge in [-0.1, -0.05) is 37.3 Å². The predicted octanol–water partition coefficient (Wildman–Crippen LogP) is 3.06. The van der Waals surface area contributed by atoms with E-state index in [2.05, 4.69) is 15.2 Å². The van der Waals surface area contributed by atoms with Crippen LogP contribution in [0.5, 0.6) is 0 Å². The number of carbonyl (C=O) groups is 2. The minimum absolute atomic E-state index is 0.00301. The summed E-state index contributed by atoms with van der Waals surface area (Å²) in [6.45, 7) is 3.45. The zero-order valence-electron chi connectivity index (χ0n) is 16.2. The number of hydrogen-bond donors (Lipinski definition) is 1. The lowest BCUT2D eigenvalue weighted by Gasteiger charge is -2.27. The number of carbonyl (C=O) groups excluding carboxylic acids is 2. The van der Waals surface area contributed by atoms with E-state index in [9.17, 15) is 9.59 Å². The molecule has 1 aromatic heterocycles. The molecule has 1 aromatic carbocycles. The molecule has 2 aromatic rings. The molecule has 1 heterocycles. The maximum Gasteiger partial charge on any atom is 0.245 e. The summed E-state index contributed by atoms with van der Waals surface area (Å²) < 4.78 is 0. The van der Waals surface area contributed by atoms with Crippen LogP contribution in [0.15, 0.2) is 41.9 Å². The lowest BCUT2D eigenvalue weighted by molar-refractivity contribution is -0.136. The van der Waals surface area contributed by atoms with E-state index in [1.54, 1.807) is 16.5 Å². The lowest BCUT2D eigenvalue weighted by Crippen LogP contribution is -2.41. The summed E-state index contributed by atoms with van der Waals surface area (Å²) in [5, 5.41) is 5.12. The first kappa shape index (κ1) is 21.1. The fourth-order valence-corrected chi connectivity index (χ4v) is 3.47. The SMILES string of the molecule is CCC(C(=O)N(CCCN(C)C)CC(=O)Nc1nccs1)c1ccccc1. The Morgan fingerprint density at radius 1 is 1.19 bits per heavy atom. The third-order valence-electron chi connectivity index (χ3n) is 4.27. The van der Waals surface area contributed by atoms with Gasteiger partial charge in [-0.25, -0.2) is 4.98 Å². The molecule has 0 aliphatic heterocycles. The summed E-state index contributed by atoms with van der Waals surface area (Å²) in [6, 6.07) is 9.77. The number of benzene rings is 1. The van der Waals surface area contributed by atoms with Crippen LogP contribution in [0.4, 0.5) is 5.13 Å². The van der Waals surface area contributed by atoms with Gasteiger partial charge in [0, 0.05) is 18.1 Å². The van der Waals surface area contributed by atoms with Crippen LogP contribution in [0.2, 0.25) is 0 Å². The van der Waals surface area contributed by atoms with Crippen molar-refractivity contribution in [1.29, 1.82) is 0 Å². The Hall–Kier alpha value is -2.25. The van der Waals surface area contributed by atoms with Gasteiger partial charge < -0.3 is 15.1 Å². The Morgan fingerprint density at radius 2 is 1.93 bits per heavy atom. The number of hydrogen-bond acceptors (Lipinski definition) is 5.